The summed E-state index contributed by atoms with van der Waals surface area (Å²) in [5.41, 5.74) is 0.225. The molecule has 1 atom stereocenters. The Hall–Kier alpha value is -2.62. The fourth-order valence-corrected chi connectivity index (χ4v) is 1.77. The van der Waals surface area contributed by atoms with Crippen molar-refractivity contribution in [3.63, 3.8) is 0 Å². The largest absolute Gasteiger partial charge is 0.481 e. The number of carboxylic acids is 2. The van der Waals surface area contributed by atoms with E-state index in [1.165, 1.54) is 30.7 Å². The molecule has 0 bridgehead atoms. The first-order valence-electron chi connectivity index (χ1n) is 6.41. The van der Waals surface area contributed by atoms with Crippen molar-refractivity contribution in [3.05, 3.63) is 66.3 Å². The second kappa shape index (κ2) is 7.24. The quantitative estimate of drug-likeness (QED) is 0.893. The van der Waals surface area contributed by atoms with Crippen molar-refractivity contribution in [1.82, 2.24) is 0 Å². The first-order valence-corrected chi connectivity index (χ1v) is 6.41. The highest BCUT2D eigenvalue weighted by Crippen LogP contribution is 2.31. The van der Waals surface area contributed by atoms with Crippen LogP contribution in [0.2, 0.25) is 0 Å². The van der Waals surface area contributed by atoms with E-state index in [1.54, 1.807) is 0 Å². The summed E-state index contributed by atoms with van der Waals surface area (Å²) in [6.07, 6.45) is 6.27. The van der Waals surface area contributed by atoms with E-state index in [9.17, 15) is 9.59 Å². The van der Waals surface area contributed by atoms with E-state index < -0.39 is 17.4 Å². The molecule has 0 radical (unpaired) electrons. The molecule has 21 heavy (non-hydrogen) atoms. The van der Waals surface area contributed by atoms with E-state index in [0.29, 0.717) is 0 Å². The maximum Gasteiger partial charge on any atom is 0.331 e. The Kier molecular flexibility index (Phi) is 5.67. The van der Waals surface area contributed by atoms with Crippen molar-refractivity contribution in [1.29, 1.82) is 0 Å². The Morgan fingerprint density at radius 3 is 2.29 bits per heavy atom. The van der Waals surface area contributed by atoms with E-state index in [2.05, 4.69) is 6.58 Å². The van der Waals surface area contributed by atoms with Crippen molar-refractivity contribution in [2.45, 2.75) is 13.3 Å². The molecular formula is C17H18O4. The smallest absolute Gasteiger partial charge is 0.331 e. The zero-order valence-electron chi connectivity index (χ0n) is 11.8. The van der Waals surface area contributed by atoms with Gasteiger partial charge in [-0.3, -0.25) is 4.79 Å². The van der Waals surface area contributed by atoms with Crippen molar-refractivity contribution in [2.24, 2.45) is 5.41 Å². The lowest BCUT2D eigenvalue weighted by molar-refractivity contribution is -0.145. The number of hydrogen-bond acceptors (Lipinski definition) is 2. The summed E-state index contributed by atoms with van der Waals surface area (Å²) in [5, 5.41) is 17.5. The molecule has 0 aromatic heterocycles. The molecule has 0 amide bonds. The Labute approximate surface area is 123 Å². The van der Waals surface area contributed by atoms with Gasteiger partial charge in [0.15, 0.2) is 0 Å². The van der Waals surface area contributed by atoms with Gasteiger partial charge in [0.2, 0.25) is 0 Å². The van der Waals surface area contributed by atoms with E-state index in [1.807, 2.05) is 36.4 Å². The van der Waals surface area contributed by atoms with Crippen LogP contribution in [-0.2, 0) is 9.59 Å². The van der Waals surface area contributed by atoms with Gasteiger partial charge in [-0.15, -0.1) is 0 Å². The van der Waals surface area contributed by atoms with Crippen molar-refractivity contribution < 1.29 is 19.8 Å². The van der Waals surface area contributed by atoms with Crippen LogP contribution in [0.1, 0.15) is 18.9 Å². The monoisotopic (exact) mass is 286 g/mol. The normalized spacial score (nSPS) is 19.8. The number of carboxylic acid groups (broad SMARTS) is 2. The van der Waals surface area contributed by atoms with Crippen molar-refractivity contribution in [2.75, 3.05) is 0 Å². The van der Waals surface area contributed by atoms with Gasteiger partial charge in [0.25, 0.3) is 0 Å². The van der Waals surface area contributed by atoms with Crippen molar-refractivity contribution >= 4 is 18.0 Å². The lowest BCUT2D eigenvalue weighted by atomic mass is 9.80. The third-order valence-corrected chi connectivity index (χ3v) is 3.12. The van der Waals surface area contributed by atoms with Crippen LogP contribution in [0.5, 0.6) is 0 Å². The first-order chi connectivity index (χ1) is 9.89. The summed E-state index contributed by atoms with van der Waals surface area (Å²) >= 11 is 0. The third-order valence-electron chi connectivity index (χ3n) is 3.12. The lowest BCUT2D eigenvalue weighted by Crippen LogP contribution is -2.28. The molecule has 0 aliphatic heterocycles. The van der Waals surface area contributed by atoms with Crippen molar-refractivity contribution in [3.8, 4) is 0 Å². The molecule has 0 saturated carbocycles. The average Bonchev–Trinajstić information content (AvgIpc) is 2.48. The molecule has 110 valence electrons. The van der Waals surface area contributed by atoms with Gasteiger partial charge in [-0.05, 0) is 18.9 Å². The van der Waals surface area contributed by atoms with Crippen LogP contribution in [0.3, 0.4) is 0 Å². The molecule has 0 heterocycles. The zero-order chi connectivity index (χ0) is 15.9. The molecule has 1 aliphatic carbocycles. The van der Waals surface area contributed by atoms with Gasteiger partial charge in [0.1, 0.15) is 0 Å². The molecule has 2 N–H and O–H groups in total. The van der Waals surface area contributed by atoms with Gasteiger partial charge in [-0.1, -0.05) is 61.2 Å². The topological polar surface area (TPSA) is 74.6 Å². The van der Waals surface area contributed by atoms with Crippen LogP contribution < -0.4 is 0 Å². The molecule has 1 unspecified atom stereocenters. The predicted molar refractivity (Wildman–Crippen MR) is 81.8 cm³/mol. The maximum absolute atomic E-state index is 10.8. The lowest BCUT2D eigenvalue weighted by Gasteiger charge is -2.23. The summed E-state index contributed by atoms with van der Waals surface area (Å²) < 4.78 is 0. The first kappa shape index (κ1) is 16.4. The molecule has 2 rings (SSSR count). The van der Waals surface area contributed by atoms with Crippen LogP contribution in [0, 0.1) is 5.41 Å². The van der Waals surface area contributed by atoms with Gasteiger partial charge in [-0.2, -0.15) is 0 Å². The fraction of sp³-hybridized carbons (Fsp3) is 0.176. The molecule has 1 aromatic carbocycles. The molecule has 0 saturated heterocycles. The van der Waals surface area contributed by atoms with Gasteiger partial charge in [-0.25, -0.2) is 4.79 Å². The number of benzene rings is 1. The number of carbonyl (C=O) groups is 2. The minimum atomic E-state index is -1.08. The summed E-state index contributed by atoms with van der Waals surface area (Å²) in [6.45, 7) is 5.13. The molecule has 0 spiro atoms. The molecule has 4 heteroatoms. The number of aliphatic carboxylic acids is 2. The SMILES string of the molecule is C=Cc1ccccc1.CC1(C(=O)O)C=CC=C(C(=O)O)C1. The second-order valence-electron chi connectivity index (χ2n) is 4.87. The Morgan fingerprint density at radius 1 is 1.24 bits per heavy atom. The molecule has 1 aliphatic rings. The highest BCUT2D eigenvalue weighted by Gasteiger charge is 2.34. The standard InChI is InChI=1S/C9H10O4.C8H8/c1-9(8(12)13)4-2-3-6(5-9)7(10)11;1-2-8-6-4-3-5-7-8/h2-4H,5H2,1H3,(H,10,11)(H,12,13);2-7H,1H2. The van der Waals surface area contributed by atoms with Gasteiger partial charge in [0.05, 0.1) is 5.41 Å². The summed E-state index contributed by atoms with van der Waals surface area (Å²) in [4.78, 5) is 21.3. The van der Waals surface area contributed by atoms with Gasteiger partial charge in [0, 0.05) is 5.57 Å². The van der Waals surface area contributed by atoms with Crippen LogP contribution >= 0.6 is 0 Å². The summed E-state index contributed by atoms with van der Waals surface area (Å²) in [6, 6.07) is 10.0. The van der Waals surface area contributed by atoms with E-state index >= 15 is 0 Å². The van der Waals surface area contributed by atoms with Gasteiger partial charge >= 0.3 is 11.9 Å². The number of hydrogen-bond donors (Lipinski definition) is 2. The van der Waals surface area contributed by atoms with E-state index in [-0.39, 0.29) is 12.0 Å². The fourth-order valence-electron chi connectivity index (χ4n) is 1.77. The third kappa shape index (κ3) is 4.76. The van der Waals surface area contributed by atoms with Crippen LogP contribution in [0.15, 0.2) is 60.7 Å². The summed E-state index contributed by atoms with van der Waals surface area (Å²) in [7, 11) is 0. The highest BCUT2D eigenvalue weighted by atomic mass is 16.4. The molecule has 0 fully saturated rings. The number of allylic oxidation sites excluding steroid dienone is 2. The summed E-state index contributed by atoms with van der Waals surface area (Å²) in [5.74, 6) is -2.06. The molecular weight excluding hydrogens is 268 g/mol. The second-order valence-corrected chi connectivity index (χ2v) is 4.87. The molecule has 4 nitrogen and oxygen atoms in total. The number of rotatable bonds is 3. The predicted octanol–water partition coefficient (Wildman–Crippen LogP) is 3.38. The highest BCUT2D eigenvalue weighted by molar-refractivity contribution is 5.90. The zero-order valence-corrected chi connectivity index (χ0v) is 11.8. The van der Waals surface area contributed by atoms with Crippen LogP contribution in [-0.4, -0.2) is 22.2 Å². The van der Waals surface area contributed by atoms with Crippen LogP contribution in [0.25, 0.3) is 6.08 Å². The van der Waals surface area contributed by atoms with Gasteiger partial charge < -0.3 is 10.2 Å². The Balaban J connectivity index is 0.000000235. The molecule has 1 aromatic rings. The Morgan fingerprint density at radius 2 is 1.86 bits per heavy atom. The van der Waals surface area contributed by atoms with Crippen LogP contribution in [0.4, 0.5) is 0 Å². The average molecular weight is 286 g/mol. The van der Waals surface area contributed by atoms with E-state index in [0.717, 1.165) is 0 Å². The minimum Gasteiger partial charge on any atom is -0.481 e. The maximum atomic E-state index is 10.8. The Bertz CT molecular complexity index is 584. The van der Waals surface area contributed by atoms with E-state index in [4.69, 9.17) is 10.2 Å². The minimum absolute atomic E-state index is 0.0359.